The van der Waals surface area contributed by atoms with E-state index in [4.69, 9.17) is 9.15 Å². The zero-order chi connectivity index (χ0) is 15.6. The van der Waals surface area contributed by atoms with Crippen molar-refractivity contribution in [3.63, 3.8) is 0 Å². The first-order chi connectivity index (χ1) is 10.5. The number of pyridine rings is 1. The highest BCUT2D eigenvalue weighted by molar-refractivity contribution is 6.01. The minimum Gasteiger partial charge on any atom is -0.446 e. The molecule has 0 radical (unpaired) electrons. The molecule has 22 heavy (non-hydrogen) atoms. The Bertz CT molecular complexity index is 900. The van der Waals surface area contributed by atoms with Gasteiger partial charge in [-0.1, -0.05) is 13.8 Å². The zero-order valence-corrected chi connectivity index (χ0v) is 13.7. The summed E-state index contributed by atoms with van der Waals surface area (Å²) >= 11 is 0. The van der Waals surface area contributed by atoms with E-state index in [1.165, 1.54) is 16.8 Å². The van der Waals surface area contributed by atoms with Crippen molar-refractivity contribution < 1.29 is 13.7 Å². The lowest BCUT2D eigenvalue weighted by atomic mass is 9.97. The second-order valence-electron chi connectivity index (χ2n) is 6.63. The molecule has 0 aliphatic carbocycles. The van der Waals surface area contributed by atoms with Gasteiger partial charge in [0.1, 0.15) is 13.3 Å². The smallest absolute Gasteiger partial charge is 0.258 e. The molecule has 0 saturated heterocycles. The fourth-order valence-electron chi connectivity index (χ4n) is 3.45. The van der Waals surface area contributed by atoms with Crippen LogP contribution in [-0.4, -0.2) is 4.57 Å². The van der Waals surface area contributed by atoms with Crippen LogP contribution < -0.4 is 9.30 Å². The van der Waals surface area contributed by atoms with E-state index in [1.807, 2.05) is 7.05 Å². The molecule has 0 bridgehead atoms. The molecular weight excluding hydrogens is 276 g/mol. The van der Waals surface area contributed by atoms with Crippen LogP contribution in [-0.2, 0) is 20.5 Å². The Morgan fingerprint density at radius 3 is 2.82 bits per heavy atom. The third-order valence-electron chi connectivity index (χ3n) is 4.59. The minimum absolute atomic E-state index is 0.586. The van der Waals surface area contributed by atoms with Gasteiger partial charge in [-0.25, -0.2) is 0 Å². The molecule has 4 heterocycles. The van der Waals surface area contributed by atoms with E-state index in [1.54, 1.807) is 6.26 Å². The molecule has 1 aliphatic rings. The lowest BCUT2D eigenvalue weighted by Crippen LogP contribution is -2.32. The maximum Gasteiger partial charge on any atom is 0.258 e. The van der Waals surface area contributed by atoms with E-state index in [-0.39, 0.29) is 0 Å². The Balaban J connectivity index is 2.08. The van der Waals surface area contributed by atoms with E-state index in [9.17, 15) is 0 Å². The maximum atomic E-state index is 6.24. The second kappa shape index (κ2) is 4.38. The van der Waals surface area contributed by atoms with Crippen molar-refractivity contribution in [2.45, 2.75) is 27.2 Å². The highest BCUT2D eigenvalue weighted by Crippen LogP contribution is 2.49. The molecule has 0 N–H and O–H groups in total. The fraction of sp³-hybridized carbons (Fsp3) is 0.389. The van der Waals surface area contributed by atoms with Crippen molar-refractivity contribution >= 4 is 11.1 Å². The summed E-state index contributed by atoms with van der Waals surface area (Å²) < 4.78 is 16.2. The molecule has 0 unspecified atom stereocenters. The average Bonchev–Trinajstić information content (AvgIpc) is 2.99. The van der Waals surface area contributed by atoms with Gasteiger partial charge in [-0.2, -0.15) is 4.57 Å². The molecule has 0 amide bonds. The van der Waals surface area contributed by atoms with Gasteiger partial charge in [-0.15, -0.1) is 0 Å². The molecule has 4 heteroatoms. The number of nitrogens with zero attached hydrogens (tertiary/aromatic N) is 2. The SMILES string of the molecule is Cc1c2c3c(coc3n1C)Oc1c(CC(C)C)cc[n+](C)c1-2. The number of ether oxygens (including phenoxy) is 1. The summed E-state index contributed by atoms with van der Waals surface area (Å²) in [7, 11) is 4.11. The summed E-state index contributed by atoms with van der Waals surface area (Å²) in [6, 6.07) is 2.17. The zero-order valence-electron chi connectivity index (χ0n) is 13.7. The van der Waals surface area contributed by atoms with Gasteiger partial charge in [0, 0.05) is 24.4 Å². The average molecular weight is 297 g/mol. The number of aromatic nitrogens is 2. The number of fused-ring (bicyclic) bond motifs is 2. The molecule has 3 aromatic heterocycles. The number of rotatable bonds is 2. The number of furan rings is 1. The van der Waals surface area contributed by atoms with Gasteiger partial charge in [0.05, 0.1) is 10.9 Å². The van der Waals surface area contributed by atoms with E-state index in [0.29, 0.717) is 5.92 Å². The Morgan fingerprint density at radius 1 is 1.32 bits per heavy atom. The summed E-state index contributed by atoms with van der Waals surface area (Å²) in [5, 5.41) is 1.09. The van der Waals surface area contributed by atoms with Gasteiger partial charge in [-0.05, 0) is 19.3 Å². The first-order valence-electron chi connectivity index (χ1n) is 7.75. The lowest BCUT2D eigenvalue weighted by Gasteiger charge is -2.17. The second-order valence-corrected chi connectivity index (χ2v) is 6.63. The van der Waals surface area contributed by atoms with Crippen molar-refractivity contribution in [3.8, 4) is 22.8 Å². The summed E-state index contributed by atoms with van der Waals surface area (Å²) in [5.41, 5.74) is 5.72. The van der Waals surface area contributed by atoms with Crippen LogP contribution in [0.4, 0.5) is 0 Å². The fourth-order valence-corrected chi connectivity index (χ4v) is 3.45. The number of hydrogen-bond donors (Lipinski definition) is 0. The van der Waals surface area contributed by atoms with E-state index < -0.39 is 0 Å². The van der Waals surface area contributed by atoms with Gasteiger partial charge in [0.25, 0.3) is 5.69 Å². The molecule has 0 atom stereocenters. The van der Waals surface area contributed by atoms with Crippen molar-refractivity contribution in [1.29, 1.82) is 0 Å². The molecular formula is C18H21N2O2+. The van der Waals surface area contributed by atoms with E-state index >= 15 is 0 Å². The quantitative estimate of drug-likeness (QED) is 0.526. The summed E-state index contributed by atoms with van der Waals surface area (Å²) in [6.07, 6.45) is 4.86. The number of hydrogen-bond acceptors (Lipinski definition) is 2. The first-order valence-corrected chi connectivity index (χ1v) is 7.75. The van der Waals surface area contributed by atoms with Gasteiger partial charge in [-0.3, -0.25) is 0 Å². The number of aryl methyl sites for hydroxylation is 2. The van der Waals surface area contributed by atoms with Gasteiger partial charge >= 0.3 is 0 Å². The van der Waals surface area contributed by atoms with Crippen LogP contribution in [0, 0.1) is 12.8 Å². The molecule has 0 saturated carbocycles. The Kier molecular flexibility index (Phi) is 2.68. The summed E-state index contributed by atoms with van der Waals surface area (Å²) in [5.74, 6) is 2.39. The standard InChI is InChI=1S/C18H21N2O2/c1-10(2)8-12-6-7-19(4)16-14-11(3)20(5)18-15(14)13(9-21-18)22-17(12)16/h6-7,9-10H,8H2,1-5H3/q+1. The highest BCUT2D eigenvalue weighted by atomic mass is 16.5. The Morgan fingerprint density at radius 2 is 2.09 bits per heavy atom. The van der Waals surface area contributed by atoms with Crippen molar-refractivity contribution in [1.82, 2.24) is 4.57 Å². The van der Waals surface area contributed by atoms with Crippen molar-refractivity contribution in [2.75, 3.05) is 0 Å². The lowest BCUT2D eigenvalue weighted by molar-refractivity contribution is -0.660. The predicted octanol–water partition coefficient (Wildman–Crippen LogP) is 3.88. The summed E-state index contributed by atoms with van der Waals surface area (Å²) in [6.45, 7) is 6.60. The van der Waals surface area contributed by atoms with Crippen molar-refractivity contribution in [2.24, 2.45) is 20.0 Å². The van der Waals surface area contributed by atoms with Crippen LogP contribution in [0.5, 0.6) is 11.5 Å². The molecule has 0 aromatic carbocycles. The topological polar surface area (TPSA) is 31.2 Å². The molecule has 4 nitrogen and oxygen atoms in total. The third-order valence-corrected chi connectivity index (χ3v) is 4.59. The maximum absolute atomic E-state index is 6.24. The third kappa shape index (κ3) is 1.61. The van der Waals surface area contributed by atoms with Gasteiger partial charge < -0.3 is 13.7 Å². The van der Waals surface area contributed by atoms with Crippen LogP contribution in [0.25, 0.3) is 22.4 Å². The van der Waals surface area contributed by atoms with E-state index in [2.05, 4.69) is 49.2 Å². The molecule has 0 spiro atoms. The highest BCUT2D eigenvalue weighted by Gasteiger charge is 2.35. The van der Waals surface area contributed by atoms with Gasteiger partial charge in [0.2, 0.25) is 11.5 Å². The molecule has 0 fully saturated rings. The van der Waals surface area contributed by atoms with Crippen LogP contribution >= 0.6 is 0 Å². The van der Waals surface area contributed by atoms with Crippen LogP contribution in [0.2, 0.25) is 0 Å². The molecule has 114 valence electrons. The molecule has 3 aromatic rings. The van der Waals surface area contributed by atoms with Crippen LogP contribution in [0.15, 0.2) is 22.9 Å². The van der Waals surface area contributed by atoms with E-state index in [0.717, 1.165) is 34.7 Å². The Hall–Kier alpha value is -2.23. The monoisotopic (exact) mass is 297 g/mol. The Labute approximate surface area is 129 Å². The minimum atomic E-state index is 0.586. The van der Waals surface area contributed by atoms with Crippen molar-refractivity contribution in [3.05, 3.63) is 29.8 Å². The van der Waals surface area contributed by atoms with Crippen LogP contribution in [0.3, 0.4) is 0 Å². The van der Waals surface area contributed by atoms with Gasteiger partial charge in [0.15, 0.2) is 11.9 Å². The summed E-state index contributed by atoms with van der Waals surface area (Å²) in [4.78, 5) is 0. The predicted molar refractivity (Wildman–Crippen MR) is 85.2 cm³/mol. The molecule has 4 rings (SSSR count). The van der Waals surface area contributed by atoms with Crippen LogP contribution in [0.1, 0.15) is 25.1 Å². The first kappa shape index (κ1) is 13.4. The molecule has 1 aliphatic heterocycles. The largest absolute Gasteiger partial charge is 0.446 e. The normalized spacial score (nSPS) is 12.8.